The predicted octanol–water partition coefficient (Wildman–Crippen LogP) is 4.40. The van der Waals surface area contributed by atoms with E-state index in [1.165, 1.54) is 29.5 Å². The van der Waals surface area contributed by atoms with Crippen molar-refractivity contribution in [3.8, 4) is 10.4 Å². The number of carbonyl (C=O) groups excluding carboxylic acids is 2. The van der Waals surface area contributed by atoms with E-state index in [1.807, 2.05) is 19.1 Å². The van der Waals surface area contributed by atoms with Crippen LogP contribution in [0.1, 0.15) is 19.4 Å². The van der Waals surface area contributed by atoms with Gasteiger partial charge in [-0.05, 0) is 55.0 Å². The normalized spacial score (nSPS) is 10.8. The van der Waals surface area contributed by atoms with Gasteiger partial charge in [0.15, 0.2) is 0 Å². The number of rotatable bonds is 4. The highest BCUT2D eigenvalue weighted by atomic mass is 32.1. The standard InChI is InChI=1S/C19H15FN2O2S2/c1-12-2-7-15(25-12)8-11-18(23)21-22-19(24)17-10-9-16(26-17)13-3-5-14(20)6-4-13/h2-11H,1H3,(H,21,23)(H,22,24)/b11-8+. The van der Waals surface area contributed by atoms with Gasteiger partial charge < -0.3 is 0 Å². The number of hydrogen-bond acceptors (Lipinski definition) is 4. The summed E-state index contributed by atoms with van der Waals surface area (Å²) in [5.74, 6) is -1.13. The molecular formula is C19H15FN2O2S2. The first-order valence-corrected chi connectivity index (χ1v) is 9.35. The zero-order valence-electron chi connectivity index (χ0n) is 13.8. The molecule has 0 atom stereocenters. The Bertz CT molecular complexity index is 958. The minimum absolute atomic E-state index is 0.309. The summed E-state index contributed by atoms with van der Waals surface area (Å²) in [4.78, 5) is 27.3. The van der Waals surface area contributed by atoms with Crippen molar-refractivity contribution in [2.45, 2.75) is 6.92 Å². The minimum Gasteiger partial charge on any atom is -0.268 e. The SMILES string of the molecule is Cc1ccc(/C=C/C(=O)NNC(=O)c2ccc(-c3ccc(F)cc3)s2)s1. The summed E-state index contributed by atoms with van der Waals surface area (Å²) in [7, 11) is 0. The number of halogens is 1. The molecule has 26 heavy (non-hydrogen) atoms. The van der Waals surface area contributed by atoms with E-state index in [2.05, 4.69) is 10.9 Å². The van der Waals surface area contributed by atoms with Crippen molar-refractivity contribution in [2.75, 3.05) is 0 Å². The van der Waals surface area contributed by atoms with Crippen LogP contribution in [0, 0.1) is 12.7 Å². The molecule has 7 heteroatoms. The smallest absolute Gasteiger partial charge is 0.268 e. The summed E-state index contributed by atoms with van der Waals surface area (Å²) in [6.45, 7) is 1.99. The quantitative estimate of drug-likeness (QED) is 0.516. The Hall–Kier alpha value is -2.77. The van der Waals surface area contributed by atoms with Crippen LogP contribution in [-0.4, -0.2) is 11.8 Å². The van der Waals surface area contributed by atoms with Crippen LogP contribution in [0.15, 0.2) is 54.6 Å². The molecular weight excluding hydrogens is 371 g/mol. The average Bonchev–Trinajstić information content (AvgIpc) is 3.28. The Morgan fingerprint density at radius 1 is 0.962 bits per heavy atom. The molecule has 132 valence electrons. The van der Waals surface area contributed by atoms with E-state index in [9.17, 15) is 14.0 Å². The molecule has 0 saturated carbocycles. The Labute approximate surface area is 158 Å². The van der Waals surface area contributed by atoms with Crippen molar-refractivity contribution in [2.24, 2.45) is 0 Å². The number of carbonyl (C=O) groups is 2. The molecule has 1 aromatic carbocycles. The molecule has 3 aromatic rings. The zero-order valence-corrected chi connectivity index (χ0v) is 15.4. The third-order valence-corrected chi connectivity index (χ3v) is 5.52. The van der Waals surface area contributed by atoms with Crippen LogP contribution in [0.4, 0.5) is 4.39 Å². The number of aryl methyl sites for hydroxylation is 1. The van der Waals surface area contributed by atoms with E-state index in [0.717, 1.165) is 20.2 Å². The van der Waals surface area contributed by atoms with Gasteiger partial charge in [-0.15, -0.1) is 22.7 Å². The summed E-state index contributed by atoms with van der Waals surface area (Å²) in [6, 6.07) is 13.4. The molecule has 2 heterocycles. The van der Waals surface area contributed by atoms with Crippen molar-refractivity contribution in [1.82, 2.24) is 10.9 Å². The number of nitrogens with one attached hydrogen (secondary N) is 2. The molecule has 0 radical (unpaired) electrons. The summed E-state index contributed by atoms with van der Waals surface area (Å²) < 4.78 is 13.0. The lowest BCUT2D eigenvalue weighted by Gasteiger charge is -2.03. The number of hydrogen-bond donors (Lipinski definition) is 2. The summed E-state index contributed by atoms with van der Waals surface area (Å²) in [5.41, 5.74) is 5.56. The highest BCUT2D eigenvalue weighted by Crippen LogP contribution is 2.28. The lowest BCUT2D eigenvalue weighted by atomic mass is 10.2. The third kappa shape index (κ3) is 4.65. The van der Waals surface area contributed by atoms with Crippen LogP contribution in [-0.2, 0) is 4.79 Å². The Morgan fingerprint density at radius 2 is 1.73 bits per heavy atom. The van der Waals surface area contributed by atoms with E-state index in [4.69, 9.17) is 0 Å². The molecule has 0 aliphatic heterocycles. The maximum atomic E-state index is 13.0. The van der Waals surface area contributed by atoms with Crippen LogP contribution < -0.4 is 10.9 Å². The van der Waals surface area contributed by atoms with E-state index < -0.39 is 11.8 Å². The van der Waals surface area contributed by atoms with Crippen LogP contribution in [0.25, 0.3) is 16.5 Å². The highest BCUT2D eigenvalue weighted by Gasteiger charge is 2.11. The second-order valence-electron chi connectivity index (χ2n) is 5.40. The molecule has 0 saturated heterocycles. The Kier molecular flexibility index (Phi) is 5.60. The molecule has 0 aliphatic rings. The molecule has 3 rings (SSSR count). The minimum atomic E-state index is -0.417. The second-order valence-corrected chi connectivity index (χ2v) is 7.80. The van der Waals surface area contributed by atoms with Gasteiger partial charge in [-0.3, -0.25) is 20.4 Å². The largest absolute Gasteiger partial charge is 0.279 e. The highest BCUT2D eigenvalue weighted by molar-refractivity contribution is 7.17. The summed E-state index contributed by atoms with van der Waals surface area (Å²) >= 11 is 2.84. The van der Waals surface area contributed by atoms with Crippen LogP contribution in [0.2, 0.25) is 0 Å². The van der Waals surface area contributed by atoms with E-state index in [-0.39, 0.29) is 5.82 Å². The number of thiophene rings is 2. The molecule has 0 unspecified atom stereocenters. The molecule has 0 aliphatic carbocycles. The fourth-order valence-electron chi connectivity index (χ4n) is 2.15. The van der Waals surface area contributed by atoms with Crippen molar-refractivity contribution in [3.63, 3.8) is 0 Å². The van der Waals surface area contributed by atoms with Gasteiger partial charge in [0.2, 0.25) is 0 Å². The fourth-order valence-corrected chi connectivity index (χ4v) is 3.84. The first-order chi connectivity index (χ1) is 12.5. The van der Waals surface area contributed by atoms with Gasteiger partial charge in [0, 0.05) is 20.7 Å². The Balaban J connectivity index is 1.56. The van der Waals surface area contributed by atoms with Crippen molar-refractivity contribution >= 4 is 40.6 Å². The summed E-state index contributed by atoms with van der Waals surface area (Å²) in [6.07, 6.45) is 3.06. The molecule has 0 spiro atoms. The molecule has 2 N–H and O–H groups in total. The van der Waals surface area contributed by atoms with E-state index in [1.54, 1.807) is 41.7 Å². The predicted molar refractivity (Wildman–Crippen MR) is 103 cm³/mol. The van der Waals surface area contributed by atoms with E-state index >= 15 is 0 Å². The van der Waals surface area contributed by atoms with Gasteiger partial charge in [-0.1, -0.05) is 12.1 Å². The topological polar surface area (TPSA) is 58.2 Å². The molecule has 2 amide bonds. The molecule has 0 bridgehead atoms. The molecule has 2 aromatic heterocycles. The first kappa shape index (κ1) is 18.0. The second kappa shape index (κ2) is 8.07. The van der Waals surface area contributed by atoms with Crippen LogP contribution >= 0.6 is 22.7 Å². The summed E-state index contributed by atoms with van der Waals surface area (Å²) in [5, 5.41) is 0. The number of benzene rings is 1. The van der Waals surface area contributed by atoms with E-state index in [0.29, 0.717) is 4.88 Å². The Morgan fingerprint density at radius 3 is 2.42 bits per heavy atom. The monoisotopic (exact) mass is 386 g/mol. The first-order valence-electron chi connectivity index (χ1n) is 7.72. The van der Waals surface area contributed by atoms with Crippen molar-refractivity contribution in [3.05, 3.63) is 75.1 Å². The van der Waals surface area contributed by atoms with Gasteiger partial charge in [0.1, 0.15) is 5.82 Å². The van der Waals surface area contributed by atoms with Gasteiger partial charge >= 0.3 is 0 Å². The van der Waals surface area contributed by atoms with Gasteiger partial charge in [0.05, 0.1) is 4.88 Å². The maximum Gasteiger partial charge on any atom is 0.279 e. The maximum absolute atomic E-state index is 13.0. The van der Waals surface area contributed by atoms with Gasteiger partial charge in [-0.25, -0.2) is 4.39 Å². The number of hydrazine groups is 1. The van der Waals surface area contributed by atoms with Crippen LogP contribution in [0.5, 0.6) is 0 Å². The fraction of sp³-hybridized carbons (Fsp3) is 0.0526. The van der Waals surface area contributed by atoms with Crippen molar-refractivity contribution in [1.29, 1.82) is 0 Å². The molecule has 4 nitrogen and oxygen atoms in total. The van der Waals surface area contributed by atoms with Crippen molar-refractivity contribution < 1.29 is 14.0 Å². The van der Waals surface area contributed by atoms with Crippen LogP contribution in [0.3, 0.4) is 0 Å². The average molecular weight is 386 g/mol. The van der Waals surface area contributed by atoms with Gasteiger partial charge in [0.25, 0.3) is 11.8 Å². The van der Waals surface area contributed by atoms with Gasteiger partial charge in [-0.2, -0.15) is 0 Å². The third-order valence-electron chi connectivity index (χ3n) is 3.42. The lowest BCUT2D eigenvalue weighted by Crippen LogP contribution is -2.40. The molecule has 0 fully saturated rings. The number of amides is 2. The lowest BCUT2D eigenvalue weighted by molar-refractivity contribution is -0.117. The zero-order chi connectivity index (χ0) is 18.5.